The van der Waals surface area contributed by atoms with Crippen LogP contribution in [0.3, 0.4) is 0 Å². The summed E-state index contributed by atoms with van der Waals surface area (Å²) in [5.41, 5.74) is 2.52. The van der Waals surface area contributed by atoms with Crippen molar-refractivity contribution in [2.75, 3.05) is 18.5 Å². The Morgan fingerprint density at radius 3 is 2.30 bits per heavy atom. The van der Waals surface area contributed by atoms with Gasteiger partial charge in [0.2, 0.25) is 0 Å². The molecule has 0 unspecified atom stereocenters. The van der Waals surface area contributed by atoms with Crippen molar-refractivity contribution in [3.05, 3.63) is 52.4 Å². The Kier molecular flexibility index (Phi) is 5.21. The summed E-state index contributed by atoms with van der Waals surface area (Å²) in [5, 5.41) is 2.87. The van der Waals surface area contributed by atoms with E-state index in [1.54, 1.807) is 53.6 Å². The molecule has 0 saturated carbocycles. The zero-order valence-corrected chi connectivity index (χ0v) is 15.9. The fraction of sp³-hybridized carbons (Fsp3) is 0.300. The zero-order chi connectivity index (χ0) is 19.6. The van der Waals surface area contributed by atoms with Crippen molar-refractivity contribution in [1.29, 1.82) is 0 Å². The van der Waals surface area contributed by atoms with E-state index >= 15 is 0 Å². The summed E-state index contributed by atoms with van der Waals surface area (Å²) in [4.78, 5) is 24.7. The minimum absolute atomic E-state index is 0.110. The van der Waals surface area contributed by atoms with E-state index in [0.29, 0.717) is 36.0 Å². The topological polar surface area (TPSA) is 74.5 Å². The Hall–Kier alpha value is -3.22. The van der Waals surface area contributed by atoms with Crippen LogP contribution in [0, 0.1) is 0 Å². The fourth-order valence-corrected chi connectivity index (χ4v) is 2.98. The molecule has 7 nitrogen and oxygen atoms in total. The van der Waals surface area contributed by atoms with E-state index in [-0.39, 0.29) is 11.6 Å². The lowest BCUT2D eigenvalue weighted by Crippen LogP contribution is -2.19. The number of imidazole rings is 1. The van der Waals surface area contributed by atoms with Gasteiger partial charge in [-0.3, -0.25) is 13.9 Å². The highest BCUT2D eigenvalue weighted by atomic mass is 16.5. The molecule has 1 aromatic heterocycles. The Bertz CT molecular complexity index is 1050. The zero-order valence-electron chi connectivity index (χ0n) is 15.9. The molecule has 0 aliphatic carbocycles. The van der Waals surface area contributed by atoms with Crippen LogP contribution >= 0.6 is 0 Å². The maximum Gasteiger partial charge on any atom is 0.328 e. The number of carbonyl (C=O) groups excluding carboxylic acids is 1. The van der Waals surface area contributed by atoms with Gasteiger partial charge < -0.3 is 14.8 Å². The van der Waals surface area contributed by atoms with Crippen molar-refractivity contribution in [2.45, 2.75) is 13.8 Å². The first-order valence-electron chi connectivity index (χ1n) is 8.82. The van der Waals surface area contributed by atoms with Gasteiger partial charge >= 0.3 is 5.69 Å². The minimum Gasteiger partial charge on any atom is -0.490 e. The third kappa shape index (κ3) is 3.53. The second-order valence-corrected chi connectivity index (χ2v) is 6.09. The van der Waals surface area contributed by atoms with Gasteiger partial charge in [0.1, 0.15) is 0 Å². The van der Waals surface area contributed by atoms with Crippen molar-refractivity contribution in [1.82, 2.24) is 9.13 Å². The Labute approximate surface area is 157 Å². The maximum atomic E-state index is 12.7. The number of hydrogen-bond donors (Lipinski definition) is 1. The molecule has 0 fully saturated rings. The highest BCUT2D eigenvalue weighted by Gasteiger charge is 2.13. The van der Waals surface area contributed by atoms with Gasteiger partial charge in [0, 0.05) is 25.3 Å². The summed E-state index contributed by atoms with van der Waals surface area (Å²) in [5.74, 6) is 0.879. The molecule has 0 radical (unpaired) electrons. The molecule has 0 aliphatic rings. The van der Waals surface area contributed by atoms with Crippen LogP contribution in [-0.2, 0) is 14.1 Å². The third-order valence-corrected chi connectivity index (χ3v) is 4.34. The predicted octanol–water partition coefficient (Wildman–Crippen LogP) is 2.93. The van der Waals surface area contributed by atoms with Crippen LogP contribution in [0.4, 0.5) is 5.69 Å². The second kappa shape index (κ2) is 7.57. The largest absolute Gasteiger partial charge is 0.490 e. The van der Waals surface area contributed by atoms with E-state index in [1.807, 2.05) is 19.9 Å². The van der Waals surface area contributed by atoms with Crippen molar-refractivity contribution in [2.24, 2.45) is 14.1 Å². The predicted molar refractivity (Wildman–Crippen MR) is 105 cm³/mol. The number of amides is 1. The van der Waals surface area contributed by atoms with E-state index in [0.717, 1.165) is 11.0 Å². The maximum absolute atomic E-state index is 12.7. The van der Waals surface area contributed by atoms with E-state index in [1.165, 1.54) is 0 Å². The summed E-state index contributed by atoms with van der Waals surface area (Å²) < 4.78 is 14.2. The molecule has 142 valence electrons. The first-order chi connectivity index (χ1) is 13.0. The van der Waals surface area contributed by atoms with Gasteiger partial charge in [-0.25, -0.2) is 4.79 Å². The van der Waals surface area contributed by atoms with Gasteiger partial charge in [-0.2, -0.15) is 0 Å². The van der Waals surface area contributed by atoms with Crippen molar-refractivity contribution < 1.29 is 14.3 Å². The molecule has 1 heterocycles. The average Bonchev–Trinajstić information content (AvgIpc) is 2.87. The highest BCUT2D eigenvalue weighted by molar-refractivity contribution is 6.05. The van der Waals surface area contributed by atoms with Crippen molar-refractivity contribution in [3.8, 4) is 11.5 Å². The second-order valence-electron chi connectivity index (χ2n) is 6.09. The number of nitrogens with one attached hydrogen (secondary N) is 1. The number of aromatic nitrogens is 2. The molecule has 1 amide bonds. The summed E-state index contributed by atoms with van der Waals surface area (Å²) in [7, 11) is 3.43. The molecule has 27 heavy (non-hydrogen) atoms. The number of nitrogens with zero attached hydrogens (tertiary/aromatic N) is 2. The Morgan fingerprint density at radius 2 is 1.59 bits per heavy atom. The van der Waals surface area contributed by atoms with Crippen molar-refractivity contribution in [3.63, 3.8) is 0 Å². The SMILES string of the molecule is CCOc1ccc(C(=O)Nc2ccc3c(c2)n(C)c(=O)n3C)cc1OCC. The monoisotopic (exact) mass is 369 g/mol. The molecule has 2 aromatic carbocycles. The van der Waals surface area contributed by atoms with Crippen LogP contribution in [0.2, 0.25) is 0 Å². The Balaban J connectivity index is 1.89. The third-order valence-electron chi connectivity index (χ3n) is 4.34. The lowest BCUT2D eigenvalue weighted by atomic mass is 10.1. The fourth-order valence-electron chi connectivity index (χ4n) is 2.98. The first kappa shape index (κ1) is 18.6. The number of carbonyl (C=O) groups is 1. The van der Waals surface area contributed by atoms with E-state index < -0.39 is 0 Å². The van der Waals surface area contributed by atoms with Crippen LogP contribution in [-0.4, -0.2) is 28.3 Å². The molecule has 1 N–H and O–H groups in total. The van der Waals surface area contributed by atoms with Gasteiger partial charge in [-0.1, -0.05) is 0 Å². The minimum atomic E-state index is -0.265. The van der Waals surface area contributed by atoms with Crippen LogP contribution < -0.4 is 20.5 Å². The lowest BCUT2D eigenvalue weighted by Gasteiger charge is -2.12. The standard InChI is InChI=1S/C20H23N3O4/c1-5-26-17-10-7-13(11-18(17)27-6-2)19(24)21-14-8-9-15-16(12-14)23(4)20(25)22(15)3/h7-12H,5-6H2,1-4H3,(H,21,24). The van der Waals surface area contributed by atoms with E-state index in [9.17, 15) is 9.59 Å². The molecule has 0 bridgehead atoms. The number of anilines is 1. The molecule has 0 saturated heterocycles. The number of fused-ring (bicyclic) bond motifs is 1. The van der Waals surface area contributed by atoms with Gasteiger partial charge in [-0.15, -0.1) is 0 Å². The normalized spacial score (nSPS) is 10.8. The number of aryl methyl sites for hydroxylation is 2. The van der Waals surface area contributed by atoms with Gasteiger partial charge in [0.25, 0.3) is 5.91 Å². The lowest BCUT2D eigenvalue weighted by molar-refractivity contribution is 0.102. The molecule has 3 aromatic rings. The number of benzene rings is 2. The van der Waals surface area contributed by atoms with Crippen LogP contribution in [0.5, 0.6) is 11.5 Å². The average molecular weight is 369 g/mol. The van der Waals surface area contributed by atoms with Gasteiger partial charge in [-0.05, 0) is 50.2 Å². The van der Waals surface area contributed by atoms with Crippen LogP contribution in [0.25, 0.3) is 11.0 Å². The molecular formula is C20H23N3O4. The van der Waals surface area contributed by atoms with Crippen LogP contribution in [0.1, 0.15) is 24.2 Å². The molecular weight excluding hydrogens is 346 g/mol. The van der Waals surface area contributed by atoms with Crippen molar-refractivity contribution >= 4 is 22.6 Å². The smallest absolute Gasteiger partial charge is 0.328 e. The van der Waals surface area contributed by atoms with E-state index in [2.05, 4.69) is 5.32 Å². The van der Waals surface area contributed by atoms with Gasteiger partial charge in [0.15, 0.2) is 11.5 Å². The molecule has 3 rings (SSSR count). The summed E-state index contributed by atoms with van der Waals surface area (Å²) in [6.45, 7) is 4.76. The van der Waals surface area contributed by atoms with E-state index in [4.69, 9.17) is 9.47 Å². The summed E-state index contributed by atoms with van der Waals surface area (Å²) in [6, 6.07) is 10.5. The molecule has 7 heteroatoms. The number of ether oxygens (including phenoxy) is 2. The quantitative estimate of drug-likeness (QED) is 0.725. The molecule has 0 spiro atoms. The first-order valence-corrected chi connectivity index (χ1v) is 8.82. The molecule has 0 aliphatic heterocycles. The molecule has 0 atom stereocenters. The number of rotatable bonds is 6. The highest BCUT2D eigenvalue weighted by Crippen LogP contribution is 2.29. The number of hydrogen-bond acceptors (Lipinski definition) is 4. The summed E-state index contributed by atoms with van der Waals surface area (Å²) >= 11 is 0. The Morgan fingerprint density at radius 1 is 0.926 bits per heavy atom. The van der Waals surface area contributed by atoms with Crippen LogP contribution in [0.15, 0.2) is 41.2 Å². The van der Waals surface area contributed by atoms with Gasteiger partial charge in [0.05, 0.1) is 24.2 Å². The summed E-state index contributed by atoms with van der Waals surface area (Å²) in [6.07, 6.45) is 0.